The molecule has 0 unspecified atom stereocenters. The molecule has 1 aromatic heterocycles. The summed E-state index contributed by atoms with van der Waals surface area (Å²) in [4.78, 5) is 2.61. The summed E-state index contributed by atoms with van der Waals surface area (Å²) in [6, 6.07) is 10.5. The topological polar surface area (TPSA) is 186 Å². The lowest BCUT2D eigenvalue weighted by atomic mass is 10.3. The van der Waals surface area contributed by atoms with Crippen LogP contribution in [0.25, 0.3) is 0 Å². The van der Waals surface area contributed by atoms with Crippen molar-refractivity contribution in [3.63, 3.8) is 0 Å². The maximum atomic E-state index is 12.5. The second-order valence-electron chi connectivity index (χ2n) is 5.87. The van der Waals surface area contributed by atoms with E-state index in [0.717, 1.165) is 24.3 Å². The summed E-state index contributed by atoms with van der Waals surface area (Å²) in [5, 5.41) is 38.5. The Kier molecular flexibility index (Phi) is 5.33. The van der Waals surface area contributed by atoms with E-state index in [0.29, 0.717) is 0 Å². The van der Waals surface area contributed by atoms with E-state index in [9.17, 15) is 37.3 Å². The highest BCUT2D eigenvalue weighted by molar-refractivity contribution is 7.93. The zero-order chi connectivity index (χ0) is 22.1. The molecule has 0 bridgehead atoms. The third-order valence-corrected chi connectivity index (χ3v) is 6.53. The predicted octanol–water partition coefficient (Wildman–Crippen LogP) is 1.51. The van der Waals surface area contributed by atoms with Gasteiger partial charge in [0.15, 0.2) is 23.0 Å². The Hall–Kier alpha value is -3.71. The number of phenols is 4. The maximum absolute atomic E-state index is 12.5. The third kappa shape index (κ3) is 4.16. The largest absolute Gasteiger partial charge is 0.504 e. The minimum Gasteiger partial charge on any atom is -0.504 e. The molecule has 0 spiro atoms. The standard InChI is InChI=1S/C17H15N3O8S2/c21-10-4-1-6-12(16(10)23)29(25,26)19-14-8-3-9-15(18-14)20-30(27,28)13-7-2-5-11(22)17(13)24/h1-9,21-24H,(H2,18,19,20). The highest BCUT2D eigenvalue weighted by atomic mass is 32.2. The van der Waals surface area contributed by atoms with E-state index in [-0.39, 0.29) is 11.6 Å². The van der Waals surface area contributed by atoms with E-state index in [4.69, 9.17) is 0 Å². The fourth-order valence-electron chi connectivity index (χ4n) is 2.39. The van der Waals surface area contributed by atoms with Crippen LogP contribution in [0.1, 0.15) is 0 Å². The molecule has 13 heteroatoms. The summed E-state index contributed by atoms with van der Waals surface area (Å²) in [6.07, 6.45) is 0. The van der Waals surface area contributed by atoms with E-state index in [2.05, 4.69) is 14.4 Å². The SMILES string of the molecule is O=S(=O)(Nc1cccc(NS(=O)(=O)c2cccc(O)c2O)n1)c1cccc(O)c1O. The summed E-state index contributed by atoms with van der Waals surface area (Å²) in [5.41, 5.74) is 0. The average Bonchev–Trinajstić information content (AvgIpc) is 2.65. The molecule has 2 aromatic carbocycles. The summed E-state index contributed by atoms with van der Waals surface area (Å²) in [5.74, 6) is -3.59. The number of pyridine rings is 1. The summed E-state index contributed by atoms with van der Waals surface area (Å²) < 4.78 is 53.9. The molecule has 158 valence electrons. The molecule has 0 aliphatic rings. The molecule has 0 atom stereocenters. The summed E-state index contributed by atoms with van der Waals surface area (Å²) >= 11 is 0. The van der Waals surface area contributed by atoms with Crippen LogP contribution in [0.4, 0.5) is 11.6 Å². The Morgan fingerprint density at radius 3 is 1.37 bits per heavy atom. The molecular weight excluding hydrogens is 438 g/mol. The molecule has 11 nitrogen and oxygen atoms in total. The first-order chi connectivity index (χ1) is 14.0. The van der Waals surface area contributed by atoms with Crippen LogP contribution in [0.2, 0.25) is 0 Å². The smallest absolute Gasteiger partial charge is 0.266 e. The average molecular weight is 453 g/mol. The van der Waals surface area contributed by atoms with E-state index in [1.807, 2.05) is 0 Å². The second kappa shape index (κ2) is 7.61. The molecule has 30 heavy (non-hydrogen) atoms. The van der Waals surface area contributed by atoms with Gasteiger partial charge in [0.05, 0.1) is 0 Å². The van der Waals surface area contributed by atoms with Crippen LogP contribution in [0.3, 0.4) is 0 Å². The van der Waals surface area contributed by atoms with E-state index < -0.39 is 52.8 Å². The number of anilines is 2. The van der Waals surface area contributed by atoms with Gasteiger partial charge in [-0.25, -0.2) is 21.8 Å². The lowest BCUT2D eigenvalue weighted by molar-refractivity contribution is 0.393. The molecule has 0 aliphatic heterocycles. The number of benzene rings is 2. The van der Waals surface area contributed by atoms with Crippen LogP contribution in [-0.2, 0) is 20.0 Å². The number of aromatic hydroxyl groups is 4. The van der Waals surface area contributed by atoms with Crippen molar-refractivity contribution in [2.24, 2.45) is 0 Å². The lowest BCUT2D eigenvalue weighted by Gasteiger charge is -2.12. The molecule has 0 fully saturated rings. The van der Waals surface area contributed by atoms with Gasteiger partial charge in [0.1, 0.15) is 21.4 Å². The zero-order valence-corrected chi connectivity index (χ0v) is 16.5. The van der Waals surface area contributed by atoms with E-state index in [1.165, 1.54) is 30.3 Å². The Morgan fingerprint density at radius 2 is 0.967 bits per heavy atom. The van der Waals surface area contributed by atoms with Gasteiger partial charge in [-0.05, 0) is 36.4 Å². The molecule has 6 N–H and O–H groups in total. The number of rotatable bonds is 6. The Bertz CT molecular complexity index is 1230. The van der Waals surface area contributed by atoms with Crippen LogP contribution in [0, 0.1) is 0 Å². The van der Waals surface area contributed by atoms with Crippen LogP contribution in [0.15, 0.2) is 64.4 Å². The van der Waals surface area contributed by atoms with Gasteiger partial charge in [0, 0.05) is 0 Å². The van der Waals surface area contributed by atoms with Gasteiger partial charge < -0.3 is 20.4 Å². The van der Waals surface area contributed by atoms with Gasteiger partial charge in [-0.3, -0.25) is 9.44 Å². The maximum Gasteiger partial charge on any atom is 0.266 e. The number of phenolic OH excluding ortho intramolecular Hbond substituents is 4. The van der Waals surface area contributed by atoms with Gasteiger partial charge >= 0.3 is 0 Å². The fourth-order valence-corrected chi connectivity index (χ4v) is 4.62. The van der Waals surface area contributed by atoms with Crippen molar-refractivity contribution in [3.05, 3.63) is 54.6 Å². The van der Waals surface area contributed by atoms with Gasteiger partial charge in [-0.1, -0.05) is 18.2 Å². The molecule has 0 amide bonds. The van der Waals surface area contributed by atoms with Gasteiger partial charge in [0.2, 0.25) is 0 Å². The van der Waals surface area contributed by atoms with Crippen LogP contribution in [0.5, 0.6) is 23.0 Å². The Morgan fingerprint density at radius 1 is 0.600 bits per heavy atom. The number of hydrogen-bond donors (Lipinski definition) is 6. The van der Waals surface area contributed by atoms with E-state index >= 15 is 0 Å². The van der Waals surface area contributed by atoms with Crippen molar-refractivity contribution < 1.29 is 37.3 Å². The quantitative estimate of drug-likeness (QED) is 0.301. The van der Waals surface area contributed by atoms with Crippen LogP contribution >= 0.6 is 0 Å². The minimum atomic E-state index is -4.36. The monoisotopic (exact) mass is 453 g/mol. The number of para-hydroxylation sites is 2. The van der Waals surface area contributed by atoms with Crippen molar-refractivity contribution in [2.75, 3.05) is 9.44 Å². The van der Waals surface area contributed by atoms with Gasteiger partial charge in [-0.15, -0.1) is 0 Å². The Balaban J connectivity index is 1.90. The Labute approximate surface area is 171 Å². The second-order valence-corrected chi connectivity index (χ2v) is 9.17. The zero-order valence-electron chi connectivity index (χ0n) is 14.9. The third-order valence-electron chi connectivity index (χ3n) is 3.76. The normalized spacial score (nSPS) is 11.7. The van der Waals surface area contributed by atoms with Crippen molar-refractivity contribution in [1.82, 2.24) is 4.98 Å². The van der Waals surface area contributed by atoms with Crippen LogP contribution in [-0.4, -0.2) is 42.2 Å². The van der Waals surface area contributed by atoms with Gasteiger partial charge in [0.25, 0.3) is 20.0 Å². The highest BCUT2D eigenvalue weighted by Gasteiger charge is 2.23. The molecule has 3 aromatic rings. The molecule has 3 rings (SSSR count). The number of nitrogens with zero attached hydrogens (tertiary/aromatic N) is 1. The summed E-state index contributed by atoms with van der Waals surface area (Å²) in [6.45, 7) is 0. The lowest BCUT2D eigenvalue weighted by Crippen LogP contribution is -2.17. The number of sulfonamides is 2. The number of hydrogen-bond acceptors (Lipinski definition) is 9. The van der Waals surface area contributed by atoms with E-state index in [1.54, 1.807) is 0 Å². The van der Waals surface area contributed by atoms with Crippen molar-refractivity contribution in [1.29, 1.82) is 0 Å². The first-order valence-electron chi connectivity index (χ1n) is 8.06. The molecule has 0 aliphatic carbocycles. The van der Waals surface area contributed by atoms with Crippen LogP contribution < -0.4 is 9.44 Å². The fraction of sp³-hybridized carbons (Fsp3) is 0. The number of aromatic nitrogens is 1. The summed E-state index contributed by atoms with van der Waals surface area (Å²) in [7, 11) is -8.73. The predicted molar refractivity (Wildman–Crippen MR) is 105 cm³/mol. The number of nitrogens with one attached hydrogen (secondary N) is 2. The molecule has 0 saturated carbocycles. The van der Waals surface area contributed by atoms with Gasteiger partial charge in [-0.2, -0.15) is 0 Å². The van der Waals surface area contributed by atoms with Crippen molar-refractivity contribution in [3.8, 4) is 23.0 Å². The first-order valence-corrected chi connectivity index (χ1v) is 11.0. The molecule has 1 heterocycles. The first kappa shape index (κ1) is 21.0. The van der Waals surface area contributed by atoms with Crippen molar-refractivity contribution in [2.45, 2.75) is 9.79 Å². The molecular formula is C17H15N3O8S2. The molecule has 0 saturated heterocycles. The van der Waals surface area contributed by atoms with Crippen molar-refractivity contribution >= 4 is 31.7 Å². The highest BCUT2D eigenvalue weighted by Crippen LogP contribution is 2.34. The minimum absolute atomic E-state index is 0.293. The molecule has 0 radical (unpaired) electrons.